The zero-order valence-corrected chi connectivity index (χ0v) is 14.1. The molecule has 1 heterocycles. The largest absolute Gasteiger partial charge is 0.481 e. The highest BCUT2D eigenvalue weighted by Crippen LogP contribution is 2.25. The second-order valence-electron chi connectivity index (χ2n) is 6.96. The molecule has 5 heteroatoms. The molecule has 2 amide bonds. The molecule has 0 atom stereocenters. The first-order valence-electron chi connectivity index (χ1n) is 8.13. The van der Waals surface area contributed by atoms with Crippen LogP contribution in [0.1, 0.15) is 37.8 Å². The van der Waals surface area contributed by atoms with Crippen LogP contribution in [0.5, 0.6) is 0 Å². The van der Waals surface area contributed by atoms with Crippen LogP contribution in [0.25, 0.3) is 0 Å². The smallest absolute Gasteiger partial charge is 0.317 e. The number of aliphatic carboxylic acids is 1. The van der Waals surface area contributed by atoms with Gasteiger partial charge in [0, 0.05) is 25.0 Å². The minimum Gasteiger partial charge on any atom is -0.481 e. The number of hydrogen-bond acceptors (Lipinski definition) is 2. The van der Waals surface area contributed by atoms with E-state index in [9.17, 15) is 9.59 Å². The van der Waals surface area contributed by atoms with Gasteiger partial charge in [-0.05, 0) is 30.9 Å². The Morgan fingerprint density at radius 3 is 2.43 bits per heavy atom. The fourth-order valence-electron chi connectivity index (χ4n) is 3.17. The highest BCUT2D eigenvalue weighted by molar-refractivity contribution is 5.75. The number of carbonyl (C=O) groups is 2. The van der Waals surface area contributed by atoms with Crippen molar-refractivity contribution in [3.8, 4) is 0 Å². The summed E-state index contributed by atoms with van der Waals surface area (Å²) in [6.07, 6.45) is 1.06. The van der Waals surface area contributed by atoms with E-state index in [2.05, 4.69) is 38.2 Å². The SMILES string of the molecule is Cc1ccccc1C(C)(C)CNC(=O)N1CCC(C(=O)O)CC1. The molecule has 0 saturated carbocycles. The van der Waals surface area contributed by atoms with E-state index >= 15 is 0 Å². The Balaban J connectivity index is 1.89. The first-order valence-corrected chi connectivity index (χ1v) is 8.13. The van der Waals surface area contributed by atoms with Gasteiger partial charge in [-0.15, -0.1) is 0 Å². The summed E-state index contributed by atoms with van der Waals surface area (Å²) in [4.78, 5) is 25.0. The van der Waals surface area contributed by atoms with Crippen molar-refractivity contribution in [1.29, 1.82) is 0 Å². The van der Waals surface area contributed by atoms with Gasteiger partial charge in [-0.3, -0.25) is 4.79 Å². The number of nitrogens with zero attached hydrogens (tertiary/aromatic N) is 1. The fraction of sp³-hybridized carbons (Fsp3) is 0.556. The monoisotopic (exact) mass is 318 g/mol. The van der Waals surface area contributed by atoms with E-state index in [1.54, 1.807) is 4.90 Å². The van der Waals surface area contributed by atoms with Crippen molar-refractivity contribution in [2.24, 2.45) is 5.92 Å². The van der Waals surface area contributed by atoms with Gasteiger partial charge in [-0.1, -0.05) is 38.1 Å². The third kappa shape index (κ3) is 4.24. The van der Waals surface area contributed by atoms with Crippen molar-refractivity contribution >= 4 is 12.0 Å². The van der Waals surface area contributed by atoms with Crippen molar-refractivity contribution in [3.63, 3.8) is 0 Å². The van der Waals surface area contributed by atoms with Crippen LogP contribution < -0.4 is 5.32 Å². The topological polar surface area (TPSA) is 69.6 Å². The van der Waals surface area contributed by atoms with Crippen LogP contribution in [-0.4, -0.2) is 41.6 Å². The van der Waals surface area contributed by atoms with E-state index in [1.165, 1.54) is 11.1 Å². The maximum atomic E-state index is 12.3. The lowest BCUT2D eigenvalue weighted by molar-refractivity contribution is -0.143. The summed E-state index contributed by atoms with van der Waals surface area (Å²) in [6, 6.07) is 8.11. The minimum atomic E-state index is -0.759. The zero-order valence-electron chi connectivity index (χ0n) is 14.1. The molecule has 23 heavy (non-hydrogen) atoms. The van der Waals surface area contributed by atoms with E-state index in [0.717, 1.165) is 0 Å². The highest BCUT2D eigenvalue weighted by Gasteiger charge is 2.28. The first kappa shape index (κ1) is 17.3. The molecule has 126 valence electrons. The van der Waals surface area contributed by atoms with E-state index < -0.39 is 5.97 Å². The summed E-state index contributed by atoms with van der Waals surface area (Å²) in [6.45, 7) is 7.88. The summed E-state index contributed by atoms with van der Waals surface area (Å²) < 4.78 is 0. The second kappa shape index (κ2) is 7.02. The number of amides is 2. The average molecular weight is 318 g/mol. The molecule has 1 saturated heterocycles. The molecule has 1 aromatic carbocycles. The number of nitrogens with one attached hydrogen (secondary N) is 1. The van der Waals surface area contributed by atoms with Crippen LogP contribution in [0, 0.1) is 12.8 Å². The van der Waals surface area contributed by atoms with Crippen molar-refractivity contribution in [2.75, 3.05) is 19.6 Å². The minimum absolute atomic E-state index is 0.101. The van der Waals surface area contributed by atoms with Crippen LogP contribution >= 0.6 is 0 Å². The Kier molecular flexibility index (Phi) is 5.29. The molecule has 2 rings (SSSR count). The number of aryl methyl sites for hydroxylation is 1. The summed E-state index contributed by atoms with van der Waals surface area (Å²) in [5.74, 6) is -1.08. The predicted octanol–water partition coefficient (Wildman–Crippen LogP) is 2.78. The van der Waals surface area contributed by atoms with E-state index in [1.807, 2.05) is 12.1 Å². The molecule has 5 nitrogen and oxygen atoms in total. The van der Waals surface area contributed by atoms with Gasteiger partial charge < -0.3 is 15.3 Å². The molecule has 0 aromatic heterocycles. The lowest BCUT2D eigenvalue weighted by atomic mass is 9.82. The average Bonchev–Trinajstić information content (AvgIpc) is 2.53. The molecule has 1 aliphatic rings. The van der Waals surface area contributed by atoms with Crippen LogP contribution in [0.2, 0.25) is 0 Å². The number of urea groups is 1. The number of benzene rings is 1. The summed E-state index contributed by atoms with van der Waals surface area (Å²) in [7, 11) is 0. The standard InChI is InChI=1S/C18H26N2O3/c1-13-6-4-5-7-15(13)18(2,3)12-19-17(23)20-10-8-14(9-11-20)16(21)22/h4-7,14H,8-12H2,1-3H3,(H,19,23)(H,21,22). The van der Waals surface area contributed by atoms with Crippen LogP contribution in [0.15, 0.2) is 24.3 Å². The number of hydrogen-bond donors (Lipinski definition) is 2. The Labute approximate surface area is 137 Å². The van der Waals surface area contributed by atoms with Crippen molar-refractivity contribution in [1.82, 2.24) is 10.2 Å². The number of carboxylic acids is 1. The Morgan fingerprint density at radius 1 is 1.26 bits per heavy atom. The van der Waals surface area contributed by atoms with Gasteiger partial charge in [0.05, 0.1) is 5.92 Å². The normalized spacial score (nSPS) is 16.2. The number of carboxylic acid groups (broad SMARTS) is 1. The van der Waals surface area contributed by atoms with Gasteiger partial charge in [0.1, 0.15) is 0 Å². The lowest BCUT2D eigenvalue weighted by Crippen LogP contribution is -2.48. The number of piperidine rings is 1. The van der Waals surface area contributed by atoms with Crippen molar-refractivity contribution < 1.29 is 14.7 Å². The van der Waals surface area contributed by atoms with Crippen LogP contribution in [-0.2, 0) is 10.2 Å². The molecule has 0 bridgehead atoms. The number of rotatable bonds is 4. The molecule has 0 aliphatic carbocycles. The van der Waals surface area contributed by atoms with Gasteiger partial charge in [-0.2, -0.15) is 0 Å². The molecular formula is C18H26N2O3. The predicted molar refractivity (Wildman–Crippen MR) is 89.5 cm³/mol. The second-order valence-corrected chi connectivity index (χ2v) is 6.96. The Hall–Kier alpha value is -2.04. The third-order valence-corrected chi connectivity index (χ3v) is 4.69. The molecule has 2 N–H and O–H groups in total. The molecule has 0 spiro atoms. The molecular weight excluding hydrogens is 292 g/mol. The molecule has 0 radical (unpaired) electrons. The van der Waals surface area contributed by atoms with Crippen LogP contribution in [0.4, 0.5) is 4.79 Å². The van der Waals surface area contributed by atoms with Gasteiger partial charge in [0.2, 0.25) is 0 Å². The van der Waals surface area contributed by atoms with Gasteiger partial charge in [-0.25, -0.2) is 4.79 Å². The van der Waals surface area contributed by atoms with Gasteiger partial charge >= 0.3 is 12.0 Å². The zero-order chi connectivity index (χ0) is 17.0. The fourth-order valence-corrected chi connectivity index (χ4v) is 3.17. The van der Waals surface area contributed by atoms with Crippen molar-refractivity contribution in [2.45, 2.75) is 39.0 Å². The Morgan fingerprint density at radius 2 is 1.87 bits per heavy atom. The Bertz CT molecular complexity index is 575. The highest BCUT2D eigenvalue weighted by atomic mass is 16.4. The quantitative estimate of drug-likeness (QED) is 0.897. The molecule has 1 fully saturated rings. The molecule has 1 aliphatic heterocycles. The van der Waals surface area contributed by atoms with E-state index in [-0.39, 0.29) is 17.4 Å². The summed E-state index contributed by atoms with van der Waals surface area (Å²) in [5.41, 5.74) is 2.29. The third-order valence-electron chi connectivity index (χ3n) is 4.69. The molecule has 0 unspecified atom stereocenters. The molecule has 1 aromatic rings. The maximum Gasteiger partial charge on any atom is 0.317 e. The van der Waals surface area contributed by atoms with Crippen LogP contribution in [0.3, 0.4) is 0 Å². The van der Waals surface area contributed by atoms with E-state index in [4.69, 9.17) is 5.11 Å². The van der Waals surface area contributed by atoms with Crippen molar-refractivity contribution in [3.05, 3.63) is 35.4 Å². The summed E-state index contributed by atoms with van der Waals surface area (Å²) >= 11 is 0. The van der Waals surface area contributed by atoms with E-state index in [0.29, 0.717) is 32.5 Å². The number of carbonyl (C=O) groups excluding carboxylic acids is 1. The van der Waals surface area contributed by atoms with Gasteiger partial charge in [0.25, 0.3) is 0 Å². The lowest BCUT2D eigenvalue weighted by Gasteiger charge is -2.32. The number of likely N-dealkylation sites (tertiary alicyclic amines) is 1. The first-order chi connectivity index (χ1) is 10.8. The summed E-state index contributed by atoms with van der Waals surface area (Å²) in [5, 5.41) is 12.0. The van der Waals surface area contributed by atoms with Gasteiger partial charge in [0.15, 0.2) is 0 Å². The maximum absolute atomic E-state index is 12.3.